The second-order valence-electron chi connectivity index (χ2n) is 5.02. The lowest BCUT2D eigenvalue weighted by Crippen LogP contribution is -1.79. The number of aromatic nitrogens is 3. The lowest BCUT2D eigenvalue weighted by atomic mass is 10.1. The van der Waals surface area contributed by atoms with Gasteiger partial charge in [-0.15, -0.1) is 21.5 Å². The summed E-state index contributed by atoms with van der Waals surface area (Å²) >= 11 is 1.65. The van der Waals surface area contributed by atoms with Gasteiger partial charge in [-0.3, -0.25) is 0 Å². The molecule has 0 aliphatic rings. The van der Waals surface area contributed by atoms with E-state index in [1.54, 1.807) is 29.5 Å². The monoisotopic (exact) mass is 318 g/mol. The van der Waals surface area contributed by atoms with Gasteiger partial charge in [-0.05, 0) is 43.3 Å². The van der Waals surface area contributed by atoms with Crippen molar-refractivity contribution in [1.29, 1.82) is 5.26 Å². The molecule has 4 rings (SSSR count). The Labute approximate surface area is 135 Å². The molecule has 6 heteroatoms. The van der Waals surface area contributed by atoms with Gasteiger partial charge in [-0.2, -0.15) is 5.26 Å². The Morgan fingerprint density at radius 1 is 1.04 bits per heavy atom. The molecule has 4 aromatic rings. The fourth-order valence-corrected chi connectivity index (χ4v) is 3.16. The van der Waals surface area contributed by atoms with Gasteiger partial charge in [0.1, 0.15) is 0 Å². The molecule has 0 aliphatic carbocycles. The van der Waals surface area contributed by atoms with Gasteiger partial charge in [-0.25, -0.2) is 4.98 Å². The third-order valence-electron chi connectivity index (χ3n) is 3.41. The van der Waals surface area contributed by atoms with Crippen molar-refractivity contribution in [2.24, 2.45) is 0 Å². The first-order valence-electron chi connectivity index (χ1n) is 6.94. The molecule has 0 fully saturated rings. The number of nitrogens with zero attached hydrogens (tertiary/aromatic N) is 4. The summed E-state index contributed by atoms with van der Waals surface area (Å²) in [6.45, 7) is 1.98. The maximum absolute atomic E-state index is 8.97. The molecule has 2 aromatic heterocycles. The van der Waals surface area contributed by atoms with Crippen LogP contribution in [-0.4, -0.2) is 15.2 Å². The number of thiazole rings is 1. The van der Waals surface area contributed by atoms with E-state index >= 15 is 0 Å². The number of nitriles is 1. The maximum Gasteiger partial charge on any atom is 0.248 e. The zero-order valence-corrected chi connectivity index (χ0v) is 13.0. The van der Waals surface area contributed by atoms with Gasteiger partial charge in [0.25, 0.3) is 0 Å². The molecule has 0 N–H and O–H groups in total. The lowest BCUT2D eigenvalue weighted by Gasteiger charge is -1.96. The van der Waals surface area contributed by atoms with Gasteiger partial charge in [0.15, 0.2) is 0 Å². The summed E-state index contributed by atoms with van der Waals surface area (Å²) in [5, 5.41) is 18.2. The molecule has 0 spiro atoms. The van der Waals surface area contributed by atoms with Crippen LogP contribution in [-0.2, 0) is 0 Å². The number of fused-ring (bicyclic) bond motifs is 1. The number of rotatable bonds is 2. The van der Waals surface area contributed by atoms with Crippen molar-refractivity contribution in [3.63, 3.8) is 0 Å². The van der Waals surface area contributed by atoms with E-state index in [2.05, 4.69) is 21.3 Å². The van der Waals surface area contributed by atoms with Crippen LogP contribution in [0.2, 0.25) is 0 Å². The molecule has 0 atom stereocenters. The van der Waals surface area contributed by atoms with Crippen LogP contribution in [0.3, 0.4) is 0 Å². The molecule has 0 bridgehead atoms. The highest BCUT2D eigenvalue weighted by Crippen LogP contribution is 2.29. The van der Waals surface area contributed by atoms with Gasteiger partial charge in [-0.1, -0.05) is 6.07 Å². The Kier molecular flexibility index (Phi) is 3.14. The fourth-order valence-electron chi connectivity index (χ4n) is 2.35. The third kappa shape index (κ3) is 2.47. The number of hydrogen-bond acceptors (Lipinski definition) is 6. The summed E-state index contributed by atoms with van der Waals surface area (Å²) in [5.41, 5.74) is 3.05. The van der Waals surface area contributed by atoms with Crippen LogP contribution in [0.5, 0.6) is 0 Å². The van der Waals surface area contributed by atoms with Gasteiger partial charge in [0, 0.05) is 11.1 Å². The predicted molar refractivity (Wildman–Crippen MR) is 87.8 cm³/mol. The van der Waals surface area contributed by atoms with Crippen molar-refractivity contribution in [1.82, 2.24) is 15.2 Å². The van der Waals surface area contributed by atoms with E-state index in [9.17, 15) is 0 Å². The zero-order valence-electron chi connectivity index (χ0n) is 12.1. The highest BCUT2D eigenvalue weighted by atomic mass is 32.1. The van der Waals surface area contributed by atoms with Crippen LogP contribution in [0, 0.1) is 18.3 Å². The molecule has 0 unspecified atom stereocenters. The minimum atomic E-state index is 0.395. The Morgan fingerprint density at radius 3 is 2.61 bits per heavy atom. The van der Waals surface area contributed by atoms with Crippen molar-refractivity contribution in [2.45, 2.75) is 6.92 Å². The maximum atomic E-state index is 8.97. The Balaban J connectivity index is 1.75. The summed E-state index contributed by atoms with van der Waals surface area (Å²) < 4.78 is 6.89. The molecule has 0 radical (unpaired) electrons. The number of benzene rings is 2. The van der Waals surface area contributed by atoms with E-state index in [0.29, 0.717) is 17.3 Å². The minimum Gasteiger partial charge on any atom is -0.416 e. The average Bonchev–Trinajstić information content (AvgIpc) is 3.19. The molecule has 5 nitrogen and oxygen atoms in total. The van der Waals surface area contributed by atoms with Crippen molar-refractivity contribution in [3.05, 3.63) is 53.0 Å². The molecule has 23 heavy (non-hydrogen) atoms. The van der Waals surface area contributed by atoms with Gasteiger partial charge in [0.05, 0.1) is 26.9 Å². The Bertz CT molecular complexity index is 1060. The molecule has 110 valence electrons. The molecular weight excluding hydrogens is 308 g/mol. The molecule has 0 aliphatic heterocycles. The first kappa shape index (κ1) is 13.6. The Morgan fingerprint density at radius 2 is 1.83 bits per heavy atom. The van der Waals surface area contributed by atoms with E-state index in [4.69, 9.17) is 9.68 Å². The van der Waals surface area contributed by atoms with Crippen LogP contribution in [0.4, 0.5) is 0 Å². The van der Waals surface area contributed by atoms with Crippen molar-refractivity contribution in [2.75, 3.05) is 0 Å². The predicted octanol–water partition coefficient (Wildman–Crippen LogP) is 4.19. The molecule has 2 aromatic carbocycles. The molecular formula is C17H10N4OS. The molecule has 0 saturated carbocycles. The highest BCUT2D eigenvalue weighted by Gasteiger charge is 2.12. The van der Waals surface area contributed by atoms with Crippen LogP contribution >= 0.6 is 11.3 Å². The van der Waals surface area contributed by atoms with E-state index in [0.717, 1.165) is 26.4 Å². The van der Waals surface area contributed by atoms with E-state index < -0.39 is 0 Å². The summed E-state index contributed by atoms with van der Waals surface area (Å²) in [4.78, 5) is 4.48. The second-order valence-corrected chi connectivity index (χ2v) is 6.26. The Hall–Kier alpha value is -3.04. The second kappa shape index (κ2) is 5.30. The summed E-state index contributed by atoms with van der Waals surface area (Å²) in [7, 11) is 0. The van der Waals surface area contributed by atoms with Crippen molar-refractivity contribution >= 4 is 21.6 Å². The van der Waals surface area contributed by atoms with E-state index in [1.165, 1.54) is 0 Å². The average molecular weight is 318 g/mol. The largest absolute Gasteiger partial charge is 0.416 e. The topological polar surface area (TPSA) is 75.6 Å². The van der Waals surface area contributed by atoms with E-state index in [1.807, 2.05) is 31.2 Å². The summed E-state index contributed by atoms with van der Waals surface area (Å²) in [6, 6.07) is 15.1. The number of aryl methyl sites for hydroxylation is 1. The number of hydrogen-bond donors (Lipinski definition) is 0. The molecule has 0 amide bonds. The van der Waals surface area contributed by atoms with Gasteiger partial charge < -0.3 is 4.42 Å². The van der Waals surface area contributed by atoms with Crippen molar-refractivity contribution in [3.8, 4) is 29.0 Å². The summed E-state index contributed by atoms with van der Waals surface area (Å²) in [5.74, 6) is 0.835. The fraction of sp³-hybridized carbons (Fsp3) is 0.0588. The SMILES string of the molecule is Cc1nc2cc(-c3nnc(-c4cccc(C#N)c4)o3)ccc2s1. The first-order valence-corrected chi connectivity index (χ1v) is 7.76. The zero-order chi connectivity index (χ0) is 15.8. The first-order chi connectivity index (χ1) is 11.2. The van der Waals surface area contributed by atoms with Crippen LogP contribution < -0.4 is 0 Å². The lowest BCUT2D eigenvalue weighted by molar-refractivity contribution is 0.584. The van der Waals surface area contributed by atoms with Gasteiger partial charge in [0.2, 0.25) is 11.8 Å². The van der Waals surface area contributed by atoms with Gasteiger partial charge >= 0.3 is 0 Å². The van der Waals surface area contributed by atoms with Crippen LogP contribution in [0.15, 0.2) is 46.9 Å². The van der Waals surface area contributed by atoms with E-state index in [-0.39, 0.29) is 0 Å². The summed E-state index contributed by atoms with van der Waals surface area (Å²) in [6.07, 6.45) is 0. The normalized spacial score (nSPS) is 10.8. The third-order valence-corrected chi connectivity index (χ3v) is 4.36. The van der Waals surface area contributed by atoms with Crippen molar-refractivity contribution < 1.29 is 4.42 Å². The molecule has 0 saturated heterocycles. The molecule has 2 heterocycles. The standard InChI is InChI=1S/C17H10N4OS/c1-10-19-14-8-13(5-6-15(14)23-10)17-21-20-16(22-17)12-4-2-3-11(7-12)9-18/h2-8H,1H3. The highest BCUT2D eigenvalue weighted by molar-refractivity contribution is 7.18. The quantitative estimate of drug-likeness (QED) is 0.554. The van der Waals surface area contributed by atoms with Crippen LogP contribution in [0.25, 0.3) is 33.1 Å². The smallest absolute Gasteiger partial charge is 0.248 e. The van der Waals surface area contributed by atoms with Crippen LogP contribution in [0.1, 0.15) is 10.6 Å². The minimum absolute atomic E-state index is 0.395.